The van der Waals surface area contributed by atoms with Gasteiger partial charge in [0.1, 0.15) is 0 Å². The topological polar surface area (TPSA) is 17.1 Å². The maximum absolute atomic E-state index is 12.1. The minimum absolute atomic E-state index is 0.262. The second-order valence-electron chi connectivity index (χ2n) is 4.66. The number of hydrogen-bond donors (Lipinski definition) is 0. The van der Waals surface area contributed by atoms with Crippen LogP contribution in [0.2, 0.25) is 0 Å². The van der Waals surface area contributed by atoms with Crippen molar-refractivity contribution in [2.24, 2.45) is 0 Å². The molecule has 0 atom stereocenters. The largest absolute Gasteiger partial charge is 0.294 e. The normalized spacial score (nSPS) is 14.6. The molecule has 0 heterocycles. The maximum Gasteiger partial charge on any atom is 0.163 e. The monoisotopic (exact) mass is 226 g/mol. The Morgan fingerprint density at radius 3 is 2.65 bits per heavy atom. The van der Waals surface area contributed by atoms with Crippen molar-refractivity contribution in [3.8, 4) is 0 Å². The number of hydrogen-bond acceptors (Lipinski definition) is 1. The molecule has 1 heteroatoms. The first kappa shape index (κ1) is 11.8. The van der Waals surface area contributed by atoms with Gasteiger partial charge in [-0.15, -0.1) is 0 Å². The zero-order valence-corrected chi connectivity index (χ0v) is 10.5. The minimum atomic E-state index is 0.262. The molecule has 1 aromatic rings. The van der Waals surface area contributed by atoms with Crippen LogP contribution in [0.25, 0.3) is 0 Å². The Labute approximate surface area is 103 Å². The summed E-state index contributed by atoms with van der Waals surface area (Å²) in [5.41, 5.74) is 4.62. The third-order valence-corrected chi connectivity index (χ3v) is 3.30. The molecule has 88 valence electrons. The summed E-state index contributed by atoms with van der Waals surface area (Å²) in [5, 5.41) is 0. The fourth-order valence-corrected chi connectivity index (χ4v) is 2.04. The van der Waals surface area contributed by atoms with Crippen molar-refractivity contribution < 1.29 is 4.79 Å². The van der Waals surface area contributed by atoms with Crippen LogP contribution in [0.4, 0.5) is 0 Å². The smallest absolute Gasteiger partial charge is 0.163 e. The van der Waals surface area contributed by atoms with Gasteiger partial charge in [0, 0.05) is 6.42 Å². The third-order valence-electron chi connectivity index (χ3n) is 3.30. The number of rotatable bonds is 3. The number of Topliss-reactive ketones (excluding diaryl/α,β-unsaturated/α-hetero) is 1. The minimum Gasteiger partial charge on any atom is -0.294 e. The lowest BCUT2D eigenvalue weighted by Crippen LogP contribution is -2.07. The molecule has 0 radical (unpaired) electrons. The summed E-state index contributed by atoms with van der Waals surface area (Å²) in [7, 11) is 0. The molecule has 0 spiro atoms. The van der Waals surface area contributed by atoms with E-state index in [0.717, 1.165) is 24.0 Å². The highest BCUT2D eigenvalue weighted by Gasteiger charge is 2.10. The first-order valence-electron chi connectivity index (χ1n) is 6.10. The highest BCUT2D eigenvalue weighted by molar-refractivity contribution is 5.97. The van der Waals surface area contributed by atoms with Gasteiger partial charge in [-0.3, -0.25) is 4.79 Å². The first-order chi connectivity index (χ1) is 8.16. The van der Waals surface area contributed by atoms with E-state index in [2.05, 4.69) is 44.2 Å². The molecule has 1 aromatic carbocycles. The van der Waals surface area contributed by atoms with Crippen LogP contribution in [-0.4, -0.2) is 5.78 Å². The summed E-state index contributed by atoms with van der Waals surface area (Å²) in [6.07, 6.45) is 8.45. The zero-order valence-electron chi connectivity index (χ0n) is 10.5. The van der Waals surface area contributed by atoms with Crippen LogP contribution in [0, 0.1) is 13.8 Å². The van der Waals surface area contributed by atoms with E-state index in [-0.39, 0.29) is 5.78 Å². The molecule has 0 aliphatic heterocycles. The quantitative estimate of drug-likeness (QED) is 0.718. The standard InChI is InChI=1S/C16H18O/c1-12-8-9-14(10-13(12)2)11-16(17)15-6-4-3-5-7-15/h3-4,7-10H,5-6,11H2,1-2H3. The van der Waals surface area contributed by atoms with Crippen LogP contribution >= 0.6 is 0 Å². The van der Waals surface area contributed by atoms with Gasteiger partial charge in [-0.05, 0) is 49.0 Å². The van der Waals surface area contributed by atoms with E-state index in [0.29, 0.717) is 6.42 Å². The van der Waals surface area contributed by atoms with E-state index in [1.165, 1.54) is 11.1 Å². The van der Waals surface area contributed by atoms with Crippen molar-refractivity contribution in [3.05, 3.63) is 58.7 Å². The maximum atomic E-state index is 12.1. The van der Waals surface area contributed by atoms with Crippen LogP contribution < -0.4 is 0 Å². The number of carbonyl (C=O) groups is 1. The second-order valence-corrected chi connectivity index (χ2v) is 4.66. The van der Waals surface area contributed by atoms with Crippen molar-refractivity contribution in [3.63, 3.8) is 0 Å². The van der Waals surface area contributed by atoms with Crippen molar-refractivity contribution in [1.82, 2.24) is 0 Å². The van der Waals surface area contributed by atoms with Gasteiger partial charge in [0.15, 0.2) is 5.78 Å². The highest BCUT2D eigenvalue weighted by atomic mass is 16.1. The zero-order chi connectivity index (χ0) is 12.3. The van der Waals surface area contributed by atoms with E-state index >= 15 is 0 Å². The van der Waals surface area contributed by atoms with Gasteiger partial charge in [0.25, 0.3) is 0 Å². The summed E-state index contributed by atoms with van der Waals surface area (Å²) < 4.78 is 0. The van der Waals surface area contributed by atoms with Crippen molar-refractivity contribution in [2.75, 3.05) is 0 Å². The lowest BCUT2D eigenvalue weighted by Gasteiger charge is -2.08. The summed E-state index contributed by atoms with van der Waals surface area (Å²) in [4.78, 5) is 12.1. The van der Waals surface area contributed by atoms with Gasteiger partial charge in [0.05, 0.1) is 0 Å². The molecule has 0 aromatic heterocycles. The van der Waals surface area contributed by atoms with E-state index in [1.54, 1.807) is 0 Å². The van der Waals surface area contributed by atoms with Gasteiger partial charge in [-0.1, -0.05) is 36.4 Å². The Bertz CT molecular complexity index is 492. The van der Waals surface area contributed by atoms with Crippen LogP contribution in [0.3, 0.4) is 0 Å². The second kappa shape index (κ2) is 5.13. The Hall–Kier alpha value is -1.63. The fourth-order valence-electron chi connectivity index (χ4n) is 2.04. The molecule has 0 unspecified atom stereocenters. The molecule has 1 aliphatic carbocycles. The molecule has 0 fully saturated rings. The van der Waals surface area contributed by atoms with Crippen molar-refractivity contribution in [1.29, 1.82) is 0 Å². The average molecular weight is 226 g/mol. The third kappa shape index (κ3) is 2.94. The highest BCUT2D eigenvalue weighted by Crippen LogP contribution is 2.16. The summed E-state index contributed by atoms with van der Waals surface area (Å²) in [5.74, 6) is 0.262. The number of aryl methyl sites for hydroxylation is 2. The van der Waals surface area contributed by atoms with E-state index < -0.39 is 0 Å². The molecular formula is C16H18O. The first-order valence-corrected chi connectivity index (χ1v) is 6.10. The lowest BCUT2D eigenvalue weighted by molar-refractivity contribution is -0.115. The molecule has 0 N–H and O–H groups in total. The SMILES string of the molecule is Cc1ccc(CC(=O)C2=CCC=CC2)cc1C. The van der Waals surface area contributed by atoms with E-state index in [9.17, 15) is 4.79 Å². The van der Waals surface area contributed by atoms with E-state index in [4.69, 9.17) is 0 Å². The van der Waals surface area contributed by atoms with Gasteiger partial charge in [-0.25, -0.2) is 0 Å². The molecule has 1 nitrogen and oxygen atoms in total. The molecule has 0 bridgehead atoms. The molecule has 0 amide bonds. The van der Waals surface area contributed by atoms with Crippen LogP contribution in [0.5, 0.6) is 0 Å². The lowest BCUT2D eigenvalue weighted by atomic mass is 9.96. The fraction of sp³-hybridized carbons (Fsp3) is 0.312. The van der Waals surface area contributed by atoms with Gasteiger partial charge < -0.3 is 0 Å². The van der Waals surface area contributed by atoms with Gasteiger partial charge in [0.2, 0.25) is 0 Å². The van der Waals surface area contributed by atoms with Gasteiger partial charge in [-0.2, -0.15) is 0 Å². The summed E-state index contributed by atoms with van der Waals surface area (Å²) in [6, 6.07) is 6.26. The number of allylic oxidation sites excluding steroid dienone is 4. The molecule has 1 aliphatic rings. The van der Waals surface area contributed by atoms with Crippen molar-refractivity contribution in [2.45, 2.75) is 33.1 Å². The summed E-state index contributed by atoms with van der Waals surface area (Å²) >= 11 is 0. The number of benzene rings is 1. The number of carbonyl (C=O) groups excluding carboxylic acids is 1. The Kier molecular flexibility index (Phi) is 3.58. The summed E-state index contributed by atoms with van der Waals surface area (Å²) in [6.45, 7) is 4.18. The van der Waals surface area contributed by atoms with Crippen LogP contribution in [-0.2, 0) is 11.2 Å². The molecule has 17 heavy (non-hydrogen) atoms. The van der Waals surface area contributed by atoms with Crippen LogP contribution in [0.15, 0.2) is 42.0 Å². The molecule has 0 saturated heterocycles. The molecule has 2 rings (SSSR count). The van der Waals surface area contributed by atoms with Crippen LogP contribution in [0.1, 0.15) is 29.5 Å². The van der Waals surface area contributed by atoms with Gasteiger partial charge >= 0.3 is 0 Å². The average Bonchev–Trinajstić information content (AvgIpc) is 2.35. The number of ketones is 1. The predicted octanol–water partition coefficient (Wildman–Crippen LogP) is 3.69. The molecule has 0 saturated carbocycles. The van der Waals surface area contributed by atoms with Crippen molar-refractivity contribution >= 4 is 5.78 Å². The van der Waals surface area contributed by atoms with E-state index in [1.807, 2.05) is 6.08 Å². The Balaban J connectivity index is 2.07. The Morgan fingerprint density at radius 2 is 2.00 bits per heavy atom. The predicted molar refractivity (Wildman–Crippen MR) is 71.1 cm³/mol. The molecular weight excluding hydrogens is 208 g/mol. The Morgan fingerprint density at radius 1 is 1.18 bits per heavy atom.